The Kier molecular flexibility index (Phi) is 15.4. The number of unbranched alkanes of at least 4 members (excludes halogenated alkanes) is 2. The van der Waals surface area contributed by atoms with Crippen LogP contribution in [0.4, 0.5) is 0 Å². The maximum Gasteiger partial charge on any atom is 0.336 e. The average molecular weight is 647 g/mol. The van der Waals surface area contributed by atoms with Gasteiger partial charge in [-0.25, -0.2) is 9.59 Å². The molecule has 0 saturated heterocycles. The Morgan fingerprint density at radius 2 is 1.34 bits per heavy atom. The van der Waals surface area contributed by atoms with Gasteiger partial charge < -0.3 is 19.7 Å². The van der Waals surface area contributed by atoms with Crippen LogP contribution in [-0.2, 0) is 38.3 Å². The number of hydrogen-bond donors (Lipinski definition) is 2. The van der Waals surface area contributed by atoms with Crippen LogP contribution >= 0.6 is 0 Å². The fourth-order valence-corrected chi connectivity index (χ4v) is 6.16. The van der Waals surface area contributed by atoms with Crippen LogP contribution in [0, 0.1) is 11.8 Å². The monoisotopic (exact) mass is 646 g/mol. The fourth-order valence-electron chi connectivity index (χ4n) is 6.16. The number of esters is 2. The van der Waals surface area contributed by atoms with Crippen molar-refractivity contribution in [2.45, 2.75) is 122 Å². The Morgan fingerprint density at radius 1 is 0.830 bits per heavy atom. The Balaban J connectivity index is 1.48. The third-order valence-corrected chi connectivity index (χ3v) is 9.73. The van der Waals surface area contributed by atoms with Crippen molar-refractivity contribution in [3.05, 3.63) is 95.1 Å². The average Bonchev–Trinajstić information content (AvgIpc) is 3.06. The first-order valence-corrected chi connectivity index (χ1v) is 17.7. The van der Waals surface area contributed by atoms with Crippen LogP contribution in [0.3, 0.4) is 0 Å². The number of carbonyl (C=O) groups is 2. The highest BCUT2D eigenvalue weighted by Gasteiger charge is 2.26. The maximum absolute atomic E-state index is 12.4. The number of carbonyl (C=O) groups excluding carboxylic acids is 2. The van der Waals surface area contributed by atoms with Crippen molar-refractivity contribution < 1.29 is 29.3 Å². The zero-order valence-corrected chi connectivity index (χ0v) is 29.3. The van der Waals surface area contributed by atoms with Crippen LogP contribution in [-0.4, -0.2) is 47.1 Å². The summed E-state index contributed by atoms with van der Waals surface area (Å²) in [6.45, 7) is 13.9. The normalized spacial score (nSPS) is 17.8. The van der Waals surface area contributed by atoms with Gasteiger partial charge in [0, 0.05) is 5.92 Å². The number of benzene rings is 2. The topological polar surface area (TPSA) is 93.1 Å². The van der Waals surface area contributed by atoms with Gasteiger partial charge in [0.2, 0.25) is 0 Å². The Labute approximate surface area is 283 Å². The first-order chi connectivity index (χ1) is 22.4. The van der Waals surface area contributed by atoms with Crippen molar-refractivity contribution in [1.29, 1.82) is 0 Å². The molecular formula is C41H58O6. The van der Waals surface area contributed by atoms with Gasteiger partial charge in [0.05, 0.1) is 36.1 Å². The predicted molar refractivity (Wildman–Crippen MR) is 189 cm³/mol. The van der Waals surface area contributed by atoms with Crippen LogP contribution in [0.2, 0.25) is 0 Å². The van der Waals surface area contributed by atoms with E-state index in [9.17, 15) is 19.8 Å². The minimum atomic E-state index is -1.40. The number of aliphatic hydroxyl groups excluding tert-OH is 1. The van der Waals surface area contributed by atoms with Crippen molar-refractivity contribution in [2.24, 2.45) is 11.8 Å². The van der Waals surface area contributed by atoms with Gasteiger partial charge in [0.1, 0.15) is 0 Å². The van der Waals surface area contributed by atoms with E-state index in [2.05, 4.69) is 68.6 Å². The number of ether oxygens (including phenoxy) is 2. The van der Waals surface area contributed by atoms with Crippen molar-refractivity contribution in [3.8, 4) is 0 Å². The molecule has 3 rings (SSSR count). The van der Waals surface area contributed by atoms with Gasteiger partial charge in [-0.1, -0.05) is 94.3 Å². The smallest absolute Gasteiger partial charge is 0.336 e. The molecule has 6 heteroatoms. The van der Waals surface area contributed by atoms with Crippen LogP contribution in [0.1, 0.15) is 114 Å². The van der Waals surface area contributed by atoms with Crippen molar-refractivity contribution >= 4 is 11.9 Å². The maximum atomic E-state index is 12.4. The molecular weight excluding hydrogens is 588 g/mol. The van der Waals surface area contributed by atoms with Gasteiger partial charge in [-0.3, -0.25) is 0 Å². The molecule has 2 aromatic carbocycles. The van der Waals surface area contributed by atoms with E-state index in [1.54, 1.807) is 0 Å². The molecule has 0 aromatic heterocycles. The highest BCUT2D eigenvalue weighted by molar-refractivity contribution is 5.90. The first kappa shape index (κ1) is 38.2. The van der Waals surface area contributed by atoms with E-state index in [1.807, 2.05) is 0 Å². The summed E-state index contributed by atoms with van der Waals surface area (Å²) in [5.41, 5.74) is 3.81. The van der Waals surface area contributed by atoms with Gasteiger partial charge in [-0.15, -0.1) is 0 Å². The molecule has 2 N–H and O–H groups in total. The summed E-state index contributed by atoms with van der Waals surface area (Å²) in [7, 11) is 0. The van der Waals surface area contributed by atoms with E-state index in [-0.39, 0.29) is 30.3 Å². The Morgan fingerprint density at radius 3 is 1.85 bits per heavy atom. The minimum Gasteiger partial charge on any atom is -0.462 e. The second kappa shape index (κ2) is 18.9. The lowest BCUT2D eigenvalue weighted by Gasteiger charge is -2.29. The van der Waals surface area contributed by atoms with Gasteiger partial charge in [-0.2, -0.15) is 0 Å². The fraction of sp³-hybridized carbons (Fsp3) is 0.561. The third-order valence-electron chi connectivity index (χ3n) is 9.73. The second-order valence-corrected chi connectivity index (χ2v) is 14.1. The van der Waals surface area contributed by atoms with Crippen molar-refractivity contribution in [3.63, 3.8) is 0 Å². The van der Waals surface area contributed by atoms with E-state index in [4.69, 9.17) is 9.47 Å². The quantitative estimate of drug-likeness (QED) is 0.0908. The second-order valence-electron chi connectivity index (χ2n) is 14.1. The summed E-state index contributed by atoms with van der Waals surface area (Å²) in [6.07, 6.45) is 13.2. The Hall–Kier alpha value is -3.22. The summed E-state index contributed by atoms with van der Waals surface area (Å²) in [5, 5.41) is 19.7. The molecule has 0 radical (unpaired) electrons. The summed E-state index contributed by atoms with van der Waals surface area (Å²) in [6, 6.07) is 17.9. The standard InChI is InChI=1S/C41H58O6/c1-7-8-9-10-32-19-23-37(24-20-32)38-25-21-35(22-26-38)16-15-33-11-13-34(14-12-33)17-18-36(27-46-39(43)29(2)31(4)42)28-47-40(44)30(3)41(5,6)45/h11-14,21-22,25-26,31-32,36-37,42,45H,2-3,7-10,15-20,23-24,27-28H2,1,4-6H3. The lowest BCUT2D eigenvalue weighted by molar-refractivity contribution is -0.145. The highest BCUT2D eigenvalue weighted by Crippen LogP contribution is 2.37. The van der Waals surface area contributed by atoms with Crippen LogP contribution in [0.5, 0.6) is 0 Å². The summed E-state index contributed by atoms with van der Waals surface area (Å²) >= 11 is 0. The summed E-state index contributed by atoms with van der Waals surface area (Å²) < 4.78 is 10.8. The van der Waals surface area contributed by atoms with E-state index < -0.39 is 23.6 Å². The molecule has 1 aliphatic rings. The molecule has 1 aliphatic carbocycles. The largest absolute Gasteiger partial charge is 0.462 e. The molecule has 2 unspecified atom stereocenters. The van der Waals surface area contributed by atoms with Gasteiger partial charge in [0.15, 0.2) is 0 Å². The molecule has 2 aromatic rings. The first-order valence-electron chi connectivity index (χ1n) is 17.7. The summed E-state index contributed by atoms with van der Waals surface area (Å²) in [4.78, 5) is 24.6. The molecule has 0 amide bonds. The van der Waals surface area contributed by atoms with E-state index in [0.717, 1.165) is 24.3 Å². The van der Waals surface area contributed by atoms with E-state index in [0.29, 0.717) is 18.8 Å². The molecule has 47 heavy (non-hydrogen) atoms. The highest BCUT2D eigenvalue weighted by atomic mass is 16.5. The summed E-state index contributed by atoms with van der Waals surface area (Å²) in [5.74, 6) is -0.0120. The third kappa shape index (κ3) is 13.1. The number of aryl methyl sites for hydroxylation is 3. The van der Waals surface area contributed by atoms with Crippen LogP contribution < -0.4 is 0 Å². The van der Waals surface area contributed by atoms with Gasteiger partial charge >= 0.3 is 11.9 Å². The molecule has 0 aliphatic heterocycles. The lowest BCUT2D eigenvalue weighted by atomic mass is 9.77. The molecule has 1 fully saturated rings. The lowest BCUT2D eigenvalue weighted by Crippen LogP contribution is -2.30. The van der Waals surface area contributed by atoms with Gasteiger partial charge in [0.25, 0.3) is 0 Å². The molecule has 0 heterocycles. The minimum absolute atomic E-state index is 0.000442. The van der Waals surface area contributed by atoms with E-state index in [1.165, 1.54) is 88.8 Å². The molecule has 1 saturated carbocycles. The van der Waals surface area contributed by atoms with E-state index >= 15 is 0 Å². The van der Waals surface area contributed by atoms with Crippen LogP contribution in [0.15, 0.2) is 72.8 Å². The zero-order valence-electron chi connectivity index (χ0n) is 29.3. The molecule has 0 spiro atoms. The van der Waals surface area contributed by atoms with Gasteiger partial charge in [-0.05, 0) is 106 Å². The SMILES string of the molecule is C=C(C(=O)OCC(CCc1ccc(CCc2ccc(C3CCC(CCCCC)CC3)cc2)cc1)COC(=O)C(=C)C(C)(C)O)C(C)O. The predicted octanol–water partition coefficient (Wildman–Crippen LogP) is 8.23. The molecule has 2 atom stereocenters. The van der Waals surface area contributed by atoms with Crippen LogP contribution in [0.25, 0.3) is 0 Å². The number of rotatable bonds is 19. The number of aliphatic hydroxyl groups is 2. The Bertz CT molecular complexity index is 1280. The van der Waals surface area contributed by atoms with Crippen molar-refractivity contribution in [2.75, 3.05) is 13.2 Å². The van der Waals surface area contributed by atoms with Crippen molar-refractivity contribution in [1.82, 2.24) is 0 Å². The molecule has 258 valence electrons. The number of hydrogen-bond acceptors (Lipinski definition) is 6. The zero-order chi connectivity index (χ0) is 34.4. The molecule has 6 nitrogen and oxygen atoms in total. The molecule has 0 bridgehead atoms.